The summed E-state index contributed by atoms with van der Waals surface area (Å²) in [6.45, 7) is 5.37. The summed E-state index contributed by atoms with van der Waals surface area (Å²) in [5.74, 6) is -0.0241. The zero-order valence-corrected chi connectivity index (χ0v) is 17.0. The number of amides is 1. The molecule has 1 aromatic heterocycles. The molecular formula is C23H24N2O2S. The van der Waals surface area contributed by atoms with E-state index in [-0.39, 0.29) is 12.0 Å². The summed E-state index contributed by atoms with van der Waals surface area (Å²) >= 11 is 1.51. The lowest BCUT2D eigenvalue weighted by molar-refractivity contribution is 0.0917. The van der Waals surface area contributed by atoms with Crippen molar-refractivity contribution in [3.63, 3.8) is 0 Å². The second-order valence-corrected chi connectivity index (χ2v) is 8.14. The van der Waals surface area contributed by atoms with Crippen LogP contribution in [0.1, 0.15) is 34.3 Å². The van der Waals surface area contributed by atoms with Crippen molar-refractivity contribution >= 4 is 22.4 Å². The molecule has 3 aromatic rings. The highest BCUT2D eigenvalue weighted by atomic mass is 32.1. The number of rotatable bonds is 5. The van der Waals surface area contributed by atoms with Gasteiger partial charge in [0, 0.05) is 23.1 Å². The van der Waals surface area contributed by atoms with Gasteiger partial charge in [-0.3, -0.25) is 9.69 Å². The normalized spacial score (nSPS) is 16.3. The van der Waals surface area contributed by atoms with E-state index in [0.29, 0.717) is 12.1 Å². The Labute approximate surface area is 169 Å². The number of hydrogen-bond donors (Lipinski definition) is 0. The number of nitrogens with zero attached hydrogens (tertiary/aromatic N) is 2. The minimum Gasteiger partial charge on any atom is -0.376 e. The van der Waals surface area contributed by atoms with E-state index in [1.807, 2.05) is 36.6 Å². The van der Waals surface area contributed by atoms with Crippen LogP contribution in [-0.2, 0) is 4.74 Å². The van der Waals surface area contributed by atoms with Crippen molar-refractivity contribution in [3.05, 3.63) is 70.6 Å². The number of ether oxygens (including phenoxy) is 1. The average molecular weight is 393 g/mol. The monoisotopic (exact) mass is 392 g/mol. The van der Waals surface area contributed by atoms with Crippen molar-refractivity contribution in [3.8, 4) is 11.3 Å². The van der Waals surface area contributed by atoms with Crippen LogP contribution in [0.4, 0.5) is 5.13 Å². The number of thiazole rings is 1. The second kappa shape index (κ2) is 8.25. The highest BCUT2D eigenvalue weighted by Crippen LogP contribution is 2.30. The Morgan fingerprint density at radius 1 is 1.18 bits per heavy atom. The number of aromatic nitrogens is 1. The lowest BCUT2D eigenvalue weighted by Crippen LogP contribution is -2.37. The van der Waals surface area contributed by atoms with E-state index in [9.17, 15) is 4.79 Å². The van der Waals surface area contributed by atoms with Gasteiger partial charge in [-0.15, -0.1) is 11.3 Å². The van der Waals surface area contributed by atoms with Crippen LogP contribution in [0.3, 0.4) is 0 Å². The fraction of sp³-hybridized carbons (Fsp3) is 0.304. The molecule has 0 radical (unpaired) electrons. The predicted molar refractivity (Wildman–Crippen MR) is 114 cm³/mol. The average Bonchev–Trinajstić information content (AvgIpc) is 3.38. The third-order valence-electron chi connectivity index (χ3n) is 4.99. The molecule has 0 saturated carbocycles. The summed E-state index contributed by atoms with van der Waals surface area (Å²) < 4.78 is 5.80. The molecule has 0 spiro atoms. The van der Waals surface area contributed by atoms with Gasteiger partial charge in [0.2, 0.25) is 0 Å². The fourth-order valence-corrected chi connectivity index (χ4v) is 4.26. The van der Waals surface area contributed by atoms with Gasteiger partial charge in [-0.1, -0.05) is 47.5 Å². The van der Waals surface area contributed by atoms with Crippen molar-refractivity contribution in [1.29, 1.82) is 0 Å². The first-order chi connectivity index (χ1) is 13.6. The van der Waals surface area contributed by atoms with E-state index >= 15 is 0 Å². The Balaban J connectivity index is 1.65. The number of anilines is 1. The smallest absolute Gasteiger partial charge is 0.260 e. The van der Waals surface area contributed by atoms with Crippen molar-refractivity contribution < 1.29 is 9.53 Å². The van der Waals surface area contributed by atoms with Crippen molar-refractivity contribution in [2.24, 2.45) is 0 Å². The van der Waals surface area contributed by atoms with Crippen LogP contribution in [0, 0.1) is 13.8 Å². The Morgan fingerprint density at radius 2 is 2.00 bits per heavy atom. The van der Waals surface area contributed by atoms with Crippen LogP contribution in [-0.4, -0.2) is 30.1 Å². The van der Waals surface area contributed by atoms with Crippen molar-refractivity contribution in [2.75, 3.05) is 18.1 Å². The maximum atomic E-state index is 13.3. The molecule has 0 unspecified atom stereocenters. The van der Waals surface area contributed by atoms with Crippen LogP contribution in [0.15, 0.2) is 53.9 Å². The minimum atomic E-state index is -0.0241. The Bertz CT molecular complexity index is 959. The molecule has 1 amide bonds. The molecule has 1 atom stereocenters. The van der Waals surface area contributed by atoms with E-state index in [2.05, 4.69) is 31.2 Å². The number of carbonyl (C=O) groups is 1. The SMILES string of the molecule is Cc1ccc(-c2csc(N(C[C@@H]3CCCO3)C(=O)c3cccc(C)c3)n2)cc1. The largest absolute Gasteiger partial charge is 0.376 e. The molecule has 2 aromatic carbocycles. The van der Waals surface area contributed by atoms with Gasteiger partial charge in [-0.25, -0.2) is 4.98 Å². The second-order valence-electron chi connectivity index (χ2n) is 7.30. The number of aryl methyl sites for hydroxylation is 2. The Kier molecular flexibility index (Phi) is 5.55. The summed E-state index contributed by atoms with van der Waals surface area (Å²) in [6, 6.07) is 16.0. The van der Waals surface area contributed by atoms with Crippen molar-refractivity contribution in [2.45, 2.75) is 32.8 Å². The molecule has 144 valence electrons. The predicted octanol–water partition coefficient (Wildman–Crippen LogP) is 5.25. The van der Waals surface area contributed by atoms with Crippen molar-refractivity contribution in [1.82, 2.24) is 4.98 Å². The van der Waals surface area contributed by atoms with Gasteiger partial charge in [-0.05, 0) is 38.8 Å². The first kappa shape index (κ1) is 18.8. The van der Waals surface area contributed by atoms with E-state index in [4.69, 9.17) is 9.72 Å². The third-order valence-corrected chi connectivity index (χ3v) is 5.85. The summed E-state index contributed by atoms with van der Waals surface area (Å²) in [4.78, 5) is 19.9. The first-order valence-corrected chi connectivity index (χ1v) is 10.5. The van der Waals surface area contributed by atoms with E-state index in [1.165, 1.54) is 16.9 Å². The third kappa shape index (κ3) is 4.16. The summed E-state index contributed by atoms with van der Waals surface area (Å²) in [6.07, 6.45) is 2.10. The van der Waals surface area contributed by atoms with E-state index < -0.39 is 0 Å². The van der Waals surface area contributed by atoms with Crippen LogP contribution in [0.5, 0.6) is 0 Å². The van der Waals surface area contributed by atoms with E-state index in [1.54, 1.807) is 4.90 Å². The minimum absolute atomic E-state index is 0.0241. The lowest BCUT2D eigenvalue weighted by Gasteiger charge is -2.23. The molecule has 2 heterocycles. The highest BCUT2D eigenvalue weighted by Gasteiger charge is 2.27. The molecule has 0 N–H and O–H groups in total. The quantitative estimate of drug-likeness (QED) is 0.595. The molecule has 0 aliphatic carbocycles. The van der Waals surface area contributed by atoms with E-state index in [0.717, 1.165) is 41.4 Å². The maximum Gasteiger partial charge on any atom is 0.260 e. The fourth-order valence-electron chi connectivity index (χ4n) is 3.42. The molecule has 5 heteroatoms. The summed E-state index contributed by atoms with van der Waals surface area (Å²) in [5.41, 5.74) is 4.93. The zero-order chi connectivity index (χ0) is 19.5. The molecule has 4 nitrogen and oxygen atoms in total. The highest BCUT2D eigenvalue weighted by molar-refractivity contribution is 7.14. The molecule has 1 fully saturated rings. The Hall–Kier alpha value is -2.50. The molecule has 28 heavy (non-hydrogen) atoms. The summed E-state index contributed by atoms with van der Waals surface area (Å²) in [5, 5.41) is 2.74. The maximum absolute atomic E-state index is 13.3. The number of hydrogen-bond acceptors (Lipinski definition) is 4. The van der Waals surface area contributed by atoms with Gasteiger partial charge in [0.05, 0.1) is 18.3 Å². The number of benzene rings is 2. The molecule has 1 aliphatic rings. The lowest BCUT2D eigenvalue weighted by atomic mass is 10.1. The zero-order valence-electron chi connectivity index (χ0n) is 16.2. The van der Waals surface area contributed by atoms with Crippen LogP contribution >= 0.6 is 11.3 Å². The van der Waals surface area contributed by atoms with Crippen LogP contribution in [0.2, 0.25) is 0 Å². The first-order valence-electron chi connectivity index (χ1n) is 9.63. The van der Waals surface area contributed by atoms with Gasteiger partial charge in [-0.2, -0.15) is 0 Å². The van der Waals surface area contributed by atoms with Crippen LogP contribution < -0.4 is 4.90 Å². The van der Waals surface area contributed by atoms with Gasteiger partial charge < -0.3 is 4.74 Å². The molecule has 1 aliphatic heterocycles. The topological polar surface area (TPSA) is 42.4 Å². The Morgan fingerprint density at radius 3 is 2.71 bits per heavy atom. The molecule has 1 saturated heterocycles. The number of carbonyl (C=O) groups excluding carboxylic acids is 1. The molecular weight excluding hydrogens is 368 g/mol. The van der Waals surface area contributed by atoms with Crippen LogP contribution in [0.25, 0.3) is 11.3 Å². The van der Waals surface area contributed by atoms with Gasteiger partial charge >= 0.3 is 0 Å². The molecule has 0 bridgehead atoms. The van der Waals surface area contributed by atoms with Gasteiger partial charge in [0.15, 0.2) is 5.13 Å². The van der Waals surface area contributed by atoms with Gasteiger partial charge in [0.25, 0.3) is 5.91 Å². The van der Waals surface area contributed by atoms with Gasteiger partial charge in [0.1, 0.15) is 0 Å². The molecule has 4 rings (SSSR count). The summed E-state index contributed by atoms with van der Waals surface area (Å²) in [7, 11) is 0. The standard InChI is InChI=1S/C23H24N2O2S/c1-16-8-10-18(11-9-16)21-15-28-23(24-21)25(14-20-7-4-12-27-20)22(26)19-6-3-5-17(2)13-19/h3,5-6,8-11,13,15,20H,4,7,12,14H2,1-2H3/t20-/m0/s1.